The van der Waals surface area contributed by atoms with E-state index in [9.17, 15) is 14.7 Å². The fourth-order valence-electron chi connectivity index (χ4n) is 1.77. The zero-order valence-electron chi connectivity index (χ0n) is 11.4. The summed E-state index contributed by atoms with van der Waals surface area (Å²) in [4.78, 5) is 23.2. The molecule has 2 aromatic carbocycles. The maximum atomic E-state index is 11.8. The average molecular weight is 286 g/mol. The van der Waals surface area contributed by atoms with Crippen molar-refractivity contribution in [2.75, 3.05) is 7.11 Å². The maximum absolute atomic E-state index is 11.8. The lowest BCUT2D eigenvalue weighted by molar-refractivity contribution is 0.0472. The summed E-state index contributed by atoms with van der Waals surface area (Å²) < 4.78 is 9.76. The van der Waals surface area contributed by atoms with Crippen LogP contribution < -0.4 is 0 Å². The first-order chi connectivity index (χ1) is 10.1. The minimum absolute atomic E-state index is 0.00265. The molecule has 0 bridgehead atoms. The minimum atomic E-state index is -0.547. The van der Waals surface area contributed by atoms with Crippen LogP contribution in [0, 0.1) is 0 Å². The smallest absolute Gasteiger partial charge is 0.338 e. The number of methoxy groups -OCH3 is 1. The van der Waals surface area contributed by atoms with Gasteiger partial charge in [0.1, 0.15) is 12.4 Å². The molecule has 0 fully saturated rings. The molecule has 0 aliphatic carbocycles. The van der Waals surface area contributed by atoms with Gasteiger partial charge in [-0.15, -0.1) is 0 Å². The highest BCUT2D eigenvalue weighted by Gasteiger charge is 2.10. The molecule has 0 radical (unpaired) electrons. The number of aromatic hydroxyl groups is 1. The van der Waals surface area contributed by atoms with E-state index in [0.29, 0.717) is 11.1 Å². The monoisotopic (exact) mass is 286 g/mol. The molecule has 0 aliphatic rings. The molecule has 21 heavy (non-hydrogen) atoms. The molecule has 0 unspecified atom stereocenters. The zero-order valence-corrected chi connectivity index (χ0v) is 11.4. The van der Waals surface area contributed by atoms with Crippen LogP contribution in [-0.2, 0) is 16.1 Å². The maximum Gasteiger partial charge on any atom is 0.338 e. The summed E-state index contributed by atoms with van der Waals surface area (Å²) in [7, 11) is 1.30. The Morgan fingerprint density at radius 1 is 1.00 bits per heavy atom. The normalized spacial score (nSPS) is 9.95. The summed E-state index contributed by atoms with van der Waals surface area (Å²) in [5.41, 5.74) is 1.33. The Balaban J connectivity index is 2.03. The van der Waals surface area contributed by atoms with Crippen molar-refractivity contribution in [3.8, 4) is 5.75 Å². The van der Waals surface area contributed by atoms with Gasteiger partial charge in [0.25, 0.3) is 0 Å². The topological polar surface area (TPSA) is 72.8 Å². The third kappa shape index (κ3) is 3.82. The molecule has 1 N–H and O–H groups in total. The first-order valence-corrected chi connectivity index (χ1v) is 6.23. The second-order valence-corrected chi connectivity index (χ2v) is 4.32. The van der Waals surface area contributed by atoms with Crippen molar-refractivity contribution >= 4 is 11.9 Å². The molecule has 2 aromatic rings. The third-order valence-corrected chi connectivity index (χ3v) is 2.80. The highest BCUT2D eigenvalue weighted by Crippen LogP contribution is 2.13. The average Bonchev–Trinajstić information content (AvgIpc) is 2.52. The standard InChI is InChI=1S/C16H14O5/c1-20-15(18)12-5-2-4-11(8-12)10-21-16(19)13-6-3-7-14(17)9-13/h2-9,17H,10H2,1H3. The van der Waals surface area contributed by atoms with Gasteiger partial charge in [0, 0.05) is 0 Å². The number of hydrogen-bond donors (Lipinski definition) is 1. The van der Waals surface area contributed by atoms with Crippen molar-refractivity contribution in [3.63, 3.8) is 0 Å². The zero-order chi connectivity index (χ0) is 15.2. The van der Waals surface area contributed by atoms with Crippen molar-refractivity contribution in [2.24, 2.45) is 0 Å². The summed E-state index contributed by atoms with van der Waals surface area (Å²) in [5, 5.41) is 9.31. The molecule has 5 nitrogen and oxygen atoms in total. The van der Waals surface area contributed by atoms with Crippen LogP contribution in [0.15, 0.2) is 48.5 Å². The number of rotatable bonds is 4. The summed E-state index contributed by atoms with van der Waals surface area (Å²) in [5.74, 6) is -0.998. The van der Waals surface area contributed by atoms with Gasteiger partial charge in [0.05, 0.1) is 18.2 Å². The molecule has 0 amide bonds. The van der Waals surface area contributed by atoms with Crippen molar-refractivity contribution in [1.29, 1.82) is 0 Å². The van der Waals surface area contributed by atoms with Gasteiger partial charge in [-0.3, -0.25) is 0 Å². The third-order valence-electron chi connectivity index (χ3n) is 2.80. The second-order valence-electron chi connectivity index (χ2n) is 4.32. The van der Waals surface area contributed by atoms with Gasteiger partial charge in [-0.1, -0.05) is 18.2 Å². The first kappa shape index (κ1) is 14.6. The van der Waals surface area contributed by atoms with E-state index in [4.69, 9.17) is 4.74 Å². The number of ether oxygens (including phenoxy) is 2. The van der Waals surface area contributed by atoms with Crippen LogP contribution in [0.1, 0.15) is 26.3 Å². The van der Waals surface area contributed by atoms with Crippen molar-refractivity contribution in [2.45, 2.75) is 6.61 Å². The largest absolute Gasteiger partial charge is 0.508 e. The molecule has 108 valence electrons. The lowest BCUT2D eigenvalue weighted by Gasteiger charge is -2.06. The summed E-state index contributed by atoms with van der Waals surface area (Å²) in [6.07, 6.45) is 0. The van der Waals surface area contributed by atoms with E-state index in [0.717, 1.165) is 0 Å². The predicted octanol–water partition coefficient (Wildman–Crippen LogP) is 2.54. The number of carbonyl (C=O) groups excluding carboxylic acids is 2. The second kappa shape index (κ2) is 6.56. The van der Waals surface area contributed by atoms with E-state index in [1.54, 1.807) is 36.4 Å². The summed E-state index contributed by atoms with van der Waals surface area (Å²) >= 11 is 0. The molecule has 0 aromatic heterocycles. The highest BCUT2D eigenvalue weighted by atomic mass is 16.5. The molecule has 0 spiro atoms. The van der Waals surface area contributed by atoms with E-state index in [1.165, 1.54) is 19.2 Å². The Kier molecular flexibility index (Phi) is 4.56. The van der Waals surface area contributed by atoms with Crippen LogP contribution in [0.4, 0.5) is 0 Å². The molecular formula is C16H14O5. The number of esters is 2. The minimum Gasteiger partial charge on any atom is -0.508 e. The van der Waals surface area contributed by atoms with Crippen LogP contribution >= 0.6 is 0 Å². The molecule has 0 heterocycles. The van der Waals surface area contributed by atoms with Crippen LogP contribution in [0.2, 0.25) is 0 Å². The number of carbonyl (C=O) groups is 2. The quantitative estimate of drug-likeness (QED) is 0.874. The van der Waals surface area contributed by atoms with E-state index < -0.39 is 11.9 Å². The molecule has 0 saturated carbocycles. The molecule has 2 rings (SSSR count). The summed E-state index contributed by atoms with van der Waals surface area (Å²) in [6.45, 7) is 0.0271. The lowest BCUT2D eigenvalue weighted by Crippen LogP contribution is -2.06. The van der Waals surface area contributed by atoms with Crippen LogP contribution in [0.5, 0.6) is 5.75 Å². The lowest BCUT2D eigenvalue weighted by atomic mass is 10.1. The highest BCUT2D eigenvalue weighted by molar-refractivity contribution is 5.90. The molecule has 0 aliphatic heterocycles. The first-order valence-electron chi connectivity index (χ1n) is 6.23. The number of phenolic OH excluding ortho intramolecular Hbond substituents is 1. The van der Waals surface area contributed by atoms with Crippen LogP contribution in [0.3, 0.4) is 0 Å². The Morgan fingerprint density at radius 2 is 1.67 bits per heavy atom. The Hall–Kier alpha value is -2.82. The molecular weight excluding hydrogens is 272 g/mol. The van der Waals surface area contributed by atoms with E-state index in [1.807, 2.05) is 0 Å². The van der Waals surface area contributed by atoms with Crippen molar-refractivity contribution in [3.05, 3.63) is 65.2 Å². The van der Waals surface area contributed by atoms with Gasteiger partial charge in [0.15, 0.2) is 0 Å². The van der Waals surface area contributed by atoms with Gasteiger partial charge in [-0.25, -0.2) is 9.59 Å². The molecule has 0 saturated heterocycles. The fraction of sp³-hybridized carbons (Fsp3) is 0.125. The Labute approximate surface area is 121 Å². The molecule has 0 atom stereocenters. The van der Waals surface area contributed by atoms with E-state index in [-0.39, 0.29) is 17.9 Å². The van der Waals surface area contributed by atoms with Gasteiger partial charge < -0.3 is 14.6 Å². The Morgan fingerprint density at radius 3 is 2.33 bits per heavy atom. The van der Waals surface area contributed by atoms with Crippen molar-refractivity contribution < 1.29 is 24.2 Å². The van der Waals surface area contributed by atoms with Crippen molar-refractivity contribution in [1.82, 2.24) is 0 Å². The number of hydrogen-bond acceptors (Lipinski definition) is 5. The SMILES string of the molecule is COC(=O)c1cccc(COC(=O)c2cccc(O)c2)c1. The van der Waals surface area contributed by atoms with Crippen LogP contribution in [0.25, 0.3) is 0 Å². The van der Waals surface area contributed by atoms with Crippen LogP contribution in [-0.4, -0.2) is 24.2 Å². The van der Waals surface area contributed by atoms with E-state index in [2.05, 4.69) is 4.74 Å². The predicted molar refractivity (Wildman–Crippen MR) is 75.0 cm³/mol. The van der Waals surface area contributed by atoms with Gasteiger partial charge in [-0.05, 0) is 35.9 Å². The summed E-state index contributed by atoms with van der Waals surface area (Å²) in [6, 6.07) is 12.5. The van der Waals surface area contributed by atoms with Gasteiger partial charge >= 0.3 is 11.9 Å². The number of benzene rings is 2. The number of phenols is 1. The fourth-order valence-corrected chi connectivity index (χ4v) is 1.77. The van der Waals surface area contributed by atoms with Gasteiger partial charge in [-0.2, -0.15) is 0 Å². The van der Waals surface area contributed by atoms with E-state index >= 15 is 0 Å². The van der Waals surface area contributed by atoms with Gasteiger partial charge in [0.2, 0.25) is 0 Å². The Bertz CT molecular complexity index is 663. The molecule has 5 heteroatoms.